The highest BCUT2D eigenvalue weighted by atomic mass is 32.1. The summed E-state index contributed by atoms with van der Waals surface area (Å²) in [6.07, 6.45) is 3.79. The lowest BCUT2D eigenvalue weighted by Crippen LogP contribution is -2.28. The Bertz CT molecular complexity index is 1340. The standard InChI is InChI=1S/C22H23N3O6S2/c1-4-31-22(30)16-12-6-5-10(2)7-13(12)32-19(16)24-14(26)8-25-9-23-18-15(20(25)27)11(3)17(33-18)21(28)29/h9-10H,4-8H2,1-3H3,(H,24,26)(H,28,29). The van der Waals surface area contributed by atoms with Crippen LogP contribution in [0.1, 0.15) is 56.3 Å². The third kappa shape index (κ3) is 4.30. The van der Waals surface area contributed by atoms with E-state index < -0.39 is 23.4 Å². The normalized spacial score (nSPS) is 15.3. The number of carboxylic acids is 1. The molecular weight excluding hydrogens is 466 g/mol. The van der Waals surface area contributed by atoms with Gasteiger partial charge in [0.2, 0.25) is 5.91 Å². The molecule has 0 aromatic carbocycles. The van der Waals surface area contributed by atoms with E-state index in [1.807, 2.05) is 0 Å². The molecule has 1 unspecified atom stereocenters. The van der Waals surface area contributed by atoms with Gasteiger partial charge in [-0.3, -0.25) is 14.2 Å². The number of anilines is 1. The lowest BCUT2D eigenvalue weighted by atomic mass is 9.88. The van der Waals surface area contributed by atoms with Gasteiger partial charge in [-0.25, -0.2) is 14.6 Å². The molecule has 1 atom stereocenters. The number of amides is 1. The molecule has 9 nitrogen and oxygen atoms in total. The molecule has 3 aromatic rings. The van der Waals surface area contributed by atoms with Crippen LogP contribution in [-0.4, -0.2) is 39.1 Å². The van der Waals surface area contributed by atoms with Gasteiger partial charge in [-0.2, -0.15) is 0 Å². The number of ether oxygens (including phenoxy) is 1. The second kappa shape index (κ2) is 9.06. The maximum Gasteiger partial charge on any atom is 0.346 e. The zero-order valence-electron chi connectivity index (χ0n) is 18.4. The van der Waals surface area contributed by atoms with Gasteiger partial charge in [-0.15, -0.1) is 22.7 Å². The molecule has 0 spiro atoms. The Morgan fingerprint density at radius 2 is 2.09 bits per heavy atom. The number of hydrogen-bond acceptors (Lipinski definition) is 8. The minimum absolute atomic E-state index is 0.0503. The first-order valence-electron chi connectivity index (χ1n) is 10.5. The molecule has 3 aromatic heterocycles. The number of aryl methyl sites for hydroxylation is 1. The molecule has 0 aliphatic heterocycles. The Balaban J connectivity index is 1.63. The Kier molecular flexibility index (Phi) is 6.35. The number of esters is 1. The average molecular weight is 490 g/mol. The number of nitrogens with zero attached hydrogens (tertiary/aromatic N) is 2. The summed E-state index contributed by atoms with van der Waals surface area (Å²) >= 11 is 2.30. The van der Waals surface area contributed by atoms with E-state index in [1.165, 1.54) is 17.7 Å². The second-order valence-corrected chi connectivity index (χ2v) is 10.1. The topological polar surface area (TPSA) is 128 Å². The van der Waals surface area contributed by atoms with E-state index in [2.05, 4.69) is 17.2 Å². The SMILES string of the molecule is CCOC(=O)c1c(NC(=O)Cn2cnc3sc(C(=O)O)c(C)c3c2=O)sc2c1CCC(C)C2. The molecule has 0 fully saturated rings. The number of carboxylic acid groups (broad SMARTS) is 1. The highest BCUT2D eigenvalue weighted by Gasteiger charge is 2.29. The average Bonchev–Trinajstić information content (AvgIpc) is 3.27. The fourth-order valence-electron chi connectivity index (χ4n) is 4.05. The van der Waals surface area contributed by atoms with Gasteiger partial charge in [0.05, 0.1) is 23.9 Å². The highest BCUT2D eigenvalue weighted by Crippen LogP contribution is 2.40. The summed E-state index contributed by atoms with van der Waals surface area (Å²) in [6, 6.07) is 0. The van der Waals surface area contributed by atoms with E-state index in [1.54, 1.807) is 13.8 Å². The monoisotopic (exact) mass is 489 g/mol. The molecule has 2 N–H and O–H groups in total. The number of fused-ring (bicyclic) bond motifs is 2. The number of nitrogens with one attached hydrogen (secondary N) is 1. The van der Waals surface area contributed by atoms with Gasteiger partial charge < -0.3 is 15.2 Å². The number of aromatic nitrogens is 2. The van der Waals surface area contributed by atoms with Crippen LogP contribution in [0.3, 0.4) is 0 Å². The van der Waals surface area contributed by atoms with E-state index in [0.29, 0.717) is 26.9 Å². The maximum atomic E-state index is 12.9. The van der Waals surface area contributed by atoms with E-state index >= 15 is 0 Å². The molecule has 0 saturated heterocycles. The van der Waals surface area contributed by atoms with E-state index in [9.17, 15) is 24.3 Å². The number of aromatic carboxylic acids is 1. The van der Waals surface area contributed by atoms with Crippen molar-refractivity contribution < 1.29 is 24.2 Å². The number of thiophene rings is 2. The van der Waals surface area contributed by atoms with Gasteiger partial charge in [0, 0.05) is 4.88 Å². The Morgan fingerprint density at radius 3 is 2.79 bits per heavy atom. The van der Waals surface area contributed by atoms with E-state index in [4.69, 9.17) is 4.74 Å². The number of carbonyl (C=O) groups is 3. The van der Waals surface area contributed by atoms with Crippen LogP contribution in [0.4, 0.5) is 5.00 Å². The molecular formula is C22H23N3O6S2. The molecule has 1 amide bonds. The summed E-state index contributed by atoms with van der Waals surface area (Å²) in [4.78, 5) is 55.4. The maximum absolute atomic E-state index is 12.9. The zero-order chi connectivity index (χ0) is 23.9. The molecule has 11 heteroatoms. The van der Waals surface area contributed by atoms with E-state index in [-0.39, 0.29) is 23.4 Å². The minimum atomic E-state index is -1.12. The third-order valence-corrected chi connectivity index (χ3v) is 8.03. The van der Waals surface area contributed by atoms with Crippen molar-refractivity contribution in [3.63, 3.8) is 0 Å². The van der Waals surface area contributed by atoms with Crippen molar-refractivity contribution in [3.05, 3.63) is 43.1 Å². The fourth-order valence-corrected chi connectivity index (χ4v) is 6.45. The molecule has 1 aliphatic carbocycles. The van der Waals surface area contributed by atoms with Crippen LogP contribution in [0.2, 0.25) is 0 Å². The van der Waals surface area contributed by atoms with Crippen molar-refractivity contribution in [2.45, 2.75) is 46.6 Å². The first-order valence-corrected chi connectivity index (χ1v) is 12.2. The first kappa shape index (κ1) is 23.1. The van der Waals surface area contributed by atoms with Crippen molar-refractivity contribution in [2.75, 3.05) is 11.9 Å². The molecule has 0 radical (unpaired) electrons. The minimum Gasteiger partial charge on any atom is -0.477 e. The van der Waals surface area contributed by atoms with Crippen molar-refractivity contribution in [2.24, 2.45) is 5.92 Å². The molecule has 3 heterocycles. The molecule has 174 valence electrons. The van der Waals surface area contributed by atoms with Gasteiger partial charge in [0.15, 0.2) is 0 Å². The number of rotatable bonds is 6. The smallest absolute Gasteiger partial charge is 0.346 e. The van der Waals surface area contributed by atoms with Gasteiger partial charge in [-0.1, -0.05) is 6.92 Å². The predicted molar refractivity (Wildman–Crippen MR) is 126 cm³/mol. The lowest BCUT2D eigenvalue weighted by Gasteiger charge is -2.18. The largest absolute Gasteiger partial charge is 0.477 e. The number of carbonyl (C=O) groups excluding carboxylic acids is 2. The van der Waals surface area contributed by atoms with Gasteiger partial charge in [0.1, 0.15) is 21.3 Å². The van der Waals surface area contributed by atoms with Crippen LogP contribution >= 0.6 is 22.7 Å². The summed E-state index contributed by atoms with van der Waals surface area (Å²) in [7, 11) is 0. The first-order chi connectivity index (χ1) is 15.7. The van der Waals surface area contributed by atoms with Crippen LogP contribution in [0.15, 0.2) is 11.1 Å². The quantitative estimate of drug-likeness (QED) is 0.508. The van der Waals surface area contributed by atoms with Crippen LogP contribution in [0.5, 0.6) is 0 Å². The zero-order valence-corrected chi connectivity index (χ0v) is 20.0. The van der Waals surface area contributed by atoms with Crippen molar-refractivity contribution in [1.82, 2.24) is 9.55 Å². The summed E-state index contributed by atoms with van der Waals surface area (Å²) in [5.74, 6) is -1.57. The van der Waals surface area contributed by atoms with E-state index in [0.717, 1.165) is 45.6 Å². The predicted octanol–water partition coefficient (Wildman–Crippen LogP) is 3.47. The molecule has 0 bridgehead atoms. The lowest BCUT2D eigenvalue weighted by molar-refractivity contribution is -0.116. The molecule has 4 rings (SSSR count). The second-order valence-electron chi connectivity index (χ2n) is 8.04. The van der Waals surface area contributed by atoms with Gasteiger partial charge >= 0.3 is 11.9 Å². The van der Waals surface area contributed by atoms with Crippen molar-refractivity contribution in [1.29, 1.82) is 0 Å². The Morgan fingerprint density at radius 1 is 1.33 bits per heavy atom. The van der Waals surface area contributed by atoms with Crippen LogP contribution in [0.25, 0.3) is 10.2 Å². The fraction of sp³-hybridized carbons (Fsp3) is 0.409. The van der Waals surface area contributed by atoms with Gasteiger partial charge in [-0.05, 0) is 50.2 Å². The molecule has 0 saturated carbocycles. The summed E-state index contributed by atoms with van der Waals surface area (Å²) < 4.78 is 6.37. The van der Waals surface area contributed by atoms with Gasteiger partial charge in [0.25, 0.3) is 5.56 Å². The molecule has 33 heavy (non-hydrogen) atoms. The summed E-state index contributed by atoms with van der Waals surface area (Å²) in [5.41, 5.74) is 1.18. The molecule has 1 aliphatic rings. The number of hydrogen-bond donors (Lipinski definition) is 2. The van der Waals surface area contributed by atoms with Crippen molar-refractivity contribution in [3.8, 4) is 0 Å². The van der Waals surface area contributed by atoms with Crippen LogP contribution in [0, 0.1) is 12.8 Å². The third-order valence-electron chi connectivity index (χ3n) is 5.67. The van der Waals surface area contributed by atoms with Crippen LogP contribution < -0.4 is 10.9 Å². The van der Waals surface area contributed by atoms with Crippen molar-refractivity contribution >= 4 is 55.7 Å². The van der Waals surface area contributed by atoms with Crippen LogP contribution in [-0.2, 0) is 28.9 Å². The Hall–Kier alpha value is -3.05. The summed E-state index contributed by atoms with van der Waals surface area (Å²) in [6.45, 7) is 5.35. The Labute approximate surface area is 197 Å². The summed E-state index contributed by atoms with van der Waals surface area (Å²) in [5, 5.41) is 12.7. The highest BCUT2D eigenvalue weighted by molar-refractivity contribution is 7.20.